The third-order valence-corrected chi connectivity index (χ3v) is 7.90. The molecule has 3 unspecified atom stereocenters. The SMILES string of the molecule is CC(c1ccc(Nc2nn(C3(CC#N)CCC(C(=O)OC(C)(C)C)OC3)c3cc[nH]c(=O)c23)cc1)N1CCCC1. The molecule has 0 saturated carbocycles. The van der Waals surface area contributed by atoms with Crippen LogP contribution in [0.1, 0.15) is 71.4 Å². The number of benzene rings is 1. The van der Waals surface area contributed by atoms with E-state index in [-0.39, 0.29) is 18.6 Å². The number of ether oxygens (including phenoxy) is 2. The van der Waals surface area contributed by atoms with Crippen LogP contribution >= 0.6 is 0 Å². The number of aromatic amines is 1. The maximum Gasteiger partial charge on any atom is 0.335 e. The van der Waals surface area contributed by atoms with Crippen molar-refractivity contribution in [3.05, 3.63) is 52.4 Å². The number of likely N-dealkylation sites (tertiary alicyclic amines) is 1. The third kappa shape index (κ3) is 5.62. The van der Waals surface area contributed by atoms with Gasteiger partial charge in [0.1, 0.15) is 11.0 Å². The van der Waals surface area contributed by atoms with E-state index < -0.39 is 23.2 Å². The van der Waals surface area contributed by atoms with Gasteiger partial charge in [-0.05, 0) is 90.2 Å². The molecule has 1 aromatic carbocycles. The minimum atomic E-state index is -0.839. The van der Waals surface area contributed by atoms with E-state index in [0.717, 1.165) is 18.8 Å². The van der Waals surface area contributed by atoms with Gasteiger partial charge in [-0.3, -0.25) is 14.4 Å². The van der Waals surface area contributed by atoms with Crippen LogP contribution in [0.4, 0.5) is 11.5 Å². The summed E-state index contributed by atoms with van der Waals surface area (Å²) >= 11 is 0. The van der Waals surface area contributed by atoms with E-state index in [9.17, 15) is 14.9 Å². The van der Waals surface area contributed by atoms with Crippen LogP contribution < -0.4 is 10.9 Å². The Labute approximate surface area is 234 Å². The van der Waals surface area contributed by atoms with Gasteiger partial charge in [0, 0.05) is 17.9 Å². The molecule has 0 bridgehead atoms. The number of carbonyl (C=O) groups is 1. The van der Waals surface area contributed by atoms with Crippen LogP contribution in [0.15, 0.2) is 41.3 Å². The summed E-state index contributed by atoms with van der Waals surface area (Å²) in [6, 6.07) is 12.6. The van der Waals surface area contributed by atoms with E-state index in [1.807, 2.05) is 32.9 Å². The van der Waals surface area contributed by atoms with Gasteiger partial charge < -0.3 is 19.8 Å². The van der Waals surface area contributed by atoms with Gasteiger partial charge in [0.15, 0.2) is 11.9 Å². The molecule has 0 amide bonds. The lowest BCUT2D eigenvalue weighted by Gasteiger charge is -2.39. The van der Waals surface area contributed by atoms with Crippen molar-refractivity contribution < 1.29 is 14.3 Å². The van der Waals surface area contributed by atoms with Gasteiger partial charge in [-0.1, -0.05) is 12.1 Å². The fraction of sp³-hybridized carbons (Fsp3) is 0.533. The van der Waals surface area contributed by atoms with Crippen molar-refractivity contribution in [3.63, 3.8) is 0 Å². The predicted molar refractivity (Wildman–Crippen MR) is 152 cm³/mol. The van der Waals surface area contributed by atoms with Gasteiger partial charge in [0.25, 0.3) is 5.56 Å². The van der Waals surface area contributed by atoms with Crippen molar-refractivity contribution in [1.29, 1.82) is 5.26 Å². The monoisotopic (exact) mass is 546 g/mol. The number of nitrogens with zero attached hydrogens (tertiary/aromatic N) is 4. The van der Waals surface area contributed by atoms with E-state index in [0.29, 0.717) is 35.6 Å². The average Bonchev–Trinajstić information content (AvgIpc) is 3.58. The zero-order valence-electron chi connectivity index (χ0n) is 23.7. The van der Waals surface area contributed by atoms with Crippen molar-refractivity contribution in [3.8, 4) is 6.07 Å². The number of anilines is 2. The van der Waals surface area contributed by atoms with Gasteiger partial charge in [0.2, 0.25) is 0 Å². The van der Waals surface area contributed by atoms with Crippen LogP contribution in [0.5, 0.6) is 0 Å². The quantitative estimate of drug-likeness (QED) is 0.407. The van der Waals surface area contributed by atoms with E-state index in [1.165, 1.54) is 18.4 Å². The van der Waals surface area contributed by atoms with E-state index in [4.69, 9.17) is 14.6 Å². The molecule has 3 atom stereocenters. The zero-order valence-corrected chi connectivity index (χ0v) is 23.7. The molecule has 10 heteroatoms. The highest BCUT2D eigenvalue weighted by molar-refractivity contribution is 5.91. The molecule has 5 rings (SSSR count). The number of pyridine rings is 1. The van der Waals surface area contributed by atoms with Crippen molar-refractivity contribution in [2.75, 3.05) is 25.0 Å². The number of hydrogen-bond donors (Lipinski definition) is 2. The topological polar surface area (TPSA) is 125 Å². The Kier molecular flexibility index (Phi) is 7.71. The molecular formula is C30H38N6O4. The van der Waals surface area contributed by atoms with Crippen LogP contribution in [-0.2, 0) is 19.8 Å². The molecule has 2 saturated heterocycles. The molecule has 3 aromatic rings. The Bertz CT molecular complexity index is 1450. The van der Waals surface area contributed by atoms with Crippen molar-refractivity contribution >= 4 is 28.4 Å². The predicted octanol–water partition coefficient (Wildman–Crippen LogP) is 4.75. The van der Waals surface area contributed by atoms with Gasteiger partial charge in [-0.2, -0.15) is 10.4 Å². The largest absolute Gasteiger partial charge is 0.458 e. The Morgan fingerprint density at radius 2 is 2.00 bits per heavy atom. The van der Waals surface area contributed by atoms with Gasteiger partial charge in [-0.25, -0.2) is 4.79 Å². The lowest BCUT2D eigenvalue weighted by Crippen LogP contribution is -2.47. The Hall–Kier alpha value is -3.68. The molecule has 0 radical (unpaired) electrons. The number of aromatic nitrogens is 3. The van der Waals surface area contributed by atoms with Crippen LogP contribution in [0.2, 0.25) is 0 Å². The fourth-order valence-corrected chi connectivity index (χ4v) is 5.74. The van der Waals surface area contributed by atoms with Crippen LogP contribution in [0.3, 0.4) is 0 Å². The Balaban J connectivity index is 1.42. The molecule has 0 aliphatic carbocycles. The maximum absolute atomic E-state index is 13.0. The first-order valence-corrected chi connectivity index (χ1v) is 14.0. The summed E-state index contributed by atoms with van der Waals surface area (Å²) in [5.41, 5.74) is 0.917. The number of fused-ring (bicyclic) bond motifs is 1. The maximum atomic E-state index is 13.0. The first kappa shape index (κ1) is 27.9. The summed E-state index contributed by atoms with van der Waals surface area (Å²) in [5.74, 6) is -0.00607. The van der Waals surface area contributed by atoms with E-state index >= 15 is 0 Å². The molecule has 2 aliphatic rings. The number of hydrogen-bond acceptors (Lipinski definition) is 8. The summed E-state index contributed by atoms with van der Waals surface area (Å²) < 4.78 is 13.2. The summed E-state index contributed by atoms with van der Waals surface area (Å²) in [6.45, 7) is 10.0. The van der Waals surface area contributed by atoms with Gasteiger partial charge in [-0.15, -0.1) is 0 Å². The number of nitrogens with one attached hydrogen (secondary N) is 2. The number of nitriles is 1. The summed E-state index contributed by atoms with van der Waals surface area (Å²) in [5, 5.41) is 18.3. The fourth-order valence-electron chi connectivity index (χ4n) is 5.74. The molecule has 2 aliphatic heterocycles. The average molecular weight is 547 g/mol. The number of H-pyrrole nitrogens is 1. The molecule has 212 valence electrons. The van der Waals surface area contributed by atoms with Gasteiger partial charge >= 0.3 is 5.97 Å². The summed E-state index contributed by atoms with van der Waals surface area (Å²) in [4.78, 5) is 30.9. The normalized spacial score (nSPS) is 22.6. The highest BCUT2D eigenvalue weighted by Crippen LogP contribution is 2.37. The minimum absolute atomic E-state index is 0.0938. The molecule has 10 nitrogen and oxygen atoms in total. The number of carbonyl (C=O) groups excluding carboxylic acids is 1. The third-order valence-electron chi connectivity index (χ3n) is 7.90. The molecule has 2 N–H and O–H groups in total. The summed E-state index contributed by atoms with van der Waals surface area (Å²) in [6.07, 6.45) is 4.31. The second-order valence-electron chi connectivity index (χ2n) is 11.9. The minimum Gasteiger partial charge on any atom is -0.458 e. The van der Waals surface area contributed by atoms with Crippen molar-refractivity contribution in [2.24, 2.45) is 0 Å². The molecule has 0 spiro atoms. The lowest BCUT2D eigenvalue weighted by atomic mass is 9.87. The lowest BCUT2D eigenvalue weighted by molar-refractivity contribution is -0.176. The van der Waals surface area contributed by atoms with E-state index in [2.05, 4.69) is 40.3 Å². The number of rotatable bonds is 7. The molecule has 4 heterocycles. The first-order chi connectivity index (χ1) is 19.1. The highest BCUT2D eigenvalue weighted by atomic mass is 16.6. The summed E-state index contributed by atoms with van der Waals surface area (Å²) in [7, 11) is 0. The molecule has 2 fully saturated rings. The second-order valence-corrected chi connectivity index (χ2v) is 11.9. The first-order valence-electron chi connectivity index (χ1n) is 14.0. The zero-order chi connectivity index (χ0) is 28.5. The second kappa shape index (κ2) is 11.1. The highest BCUT2D eigenvalue weighted by Gasteiger charge is 2.43. The van der Waals surface area contributed by atoms with Gasteiger partial charge in [0.05, 0.1) is 30.2 Å². The Morgan fingerprint density at radius 3 is 2.62 bits per heavy atom. The van der Waals surface area contributed by atoms with Crippen molar-refractivity contribution in [2.45, 2.75) is 83.1 Å². The standard InChI is InChI=1S/C30H38N6O4/c1-20(35-17-5-6-18-35)21-7-9-22(10-8-21)33-26-25-23(12-16-32-27(25)37)36(34-26)30(14-15-31)13-11-24(39-19-30)28(38)40-29(2,3)4/h7-10,12,16,20,24H,5-6,11,13-14,17-19H2,1-4H3,(H,32,37)(H,33,34). The Morgan fingerprint density at radius 1 is 1.27 bits per heavy atom. The van der Waals surface area contributed by atoms with Crippen molar-refractivity contribution in [1.82, 2.24) is 19.7 Å². The van der Waals surface area contributed by atoms with Crippen LogP contribution in [0, 0.1) is 11.3 Å². The molecule has 40 heavy (non-hydrogen) atoms. The number of esters is 1. The van der Waals surface area contributed by atoms with E-state index in [1.54, 1.807) is 16.9 Å². The van der Waals surface area contributed by atoms with Crippen LogP contribution in [0.25, 0.3) is 10.9 Å². The van der Waals surface area contributed by atoms with Crippen LogP contribution in [-0.4, -0.2) is 57.0 Å². The molecular weight excluding hydrogens is 508 g/mol. The smallest absolute Gasteiger partial charge is 0.335 e. The molecule has 2 aromatic heterocycles.